The van der Waals surface area contributed by atoms with Gasteiger partial charge in [-0.1, -0.05) is 105 Å². The second-order valence-electron chi connectivity index (χ2n) is 23.0. The van der Waals surface area contributed by atoms with E-state index >= 15 is 0 Å². The van der Waals surface area contributed by atoms with Gasteiger partial charge in [-0.25, -0.2) is 14.4 Å². The number of urea groups is 1. The van der Waals surface area contributed by atoms with Crippen LogP contribution in [0, 0.1) is 17.8 Å². The second kappa shape index (κ2) is 30.4. The number of nitrogens with one attached hydrogen (secondary N) is 5. The summed E-state index contributed by atoms with van der Waals surface area (Å²) < 4.78 is 34.4. The van der Waals surface area contributed by atoms with Gasteiger partial charge < -0.3 is 65.8 Å². The van der Waals surface area contributed by atoms with Crippen molar-refractivity contribution in [1.82, 2.24) is 21.3 Å². The summed E-state index contributed by atoms with van der Waals surface area (Å²) in [5.74, 6) is -3.08. The molecule has 3 aromatic rings. The highest BCUT2D eigenvalue weighted by atomic mass is 16.6. The van der Waals surface area contributed by atoms with Crippen LogP contribution < -0.4 is 32.3 Å². The van der Waals surface area contributed by atoms with Gasteiger partial charge in [-0.05, 0) is 104 Å². The molecule has 1 spiro atoms. The van der Waals surface area contributed by atoms with Gasteiger partial charge >= 0.3 is 24.2 Å². The molecule has 21 heteroatoms. The molecule has 85 heavy (non-hydrogen) atoms. The molecule has 0 saturated carbocycles. The molecule has 6 amide bonds. The van der Waals surface area contributed by atoms with Gasteiger partial charge in [0.2, 0.25) is 11.8 Å². The maximum atomic E-state index is 13.9. The number of benzene rings is 3. The maximum absolute atomic E-state index is 13.9. The minimum absolute atomic E-state index is 0.0412. The van der Waals surface area contributed by atoms with Gasteiger partial charge in [0.05, 0.1) is 43.5 Å². The first-order chi connectivity index (χ1) is 40.6. The van der Waals surface area contributed by atoms with E-state index < -0.39 is 72.1 Å². The predicted molar refractivity (Wildman–Crippen MR) is 316 cm³/mol. The van der Waals surface area contributed by atoms with Gasteiger partial charge in [0.15, 0.2) is 11.6 Å². The van der Waals surface area contributed by atoms with Crippen LogP contribution in [-0.2, 0) is 59.0 Å². The summed E-state index contributed by atoms with van der Waals surface area (Å²) in [6.45, 7) is 12.6. The lowest BCUT2D eigenvalue weighted by atomic mass is 9.87. The number of primary amides is 1. The third-order valence-electron chi connectivity index (χ3n) is 15.9. The summed E-state index contributed by atoms with van der Waals surface area (Å²) in [5, 5.41) is 24.8. The molecule has 11 atom stereocenters. The minimum atomic E-state index is -0.957. The van der Waals surface area contributed by atoms with Crippen molar-refractivity contribution in [3.8, 4) is 11.1 Å². The molecule has 3 saturated heterocycles. The number of Topliss-reactive ketones (excluding diaryl/α,β-unsaturated/α-hetero) is 2. The number of rotatable bonds is 27. The Hall–Kier alpha value is -7.72. The smallest absolute Gasteiger partial charge is 0.407 e. The van der Waals surface area contributed by atoms with Gasteiger partial charge in [-0.2, -0.15) is 0 Å². The molecule has 8 N–H and O–H groups in total. The molecule has 21 nitrogen and oxygen atoms in total. The third kappa shape index (κ3) is 18.9. The van der Waals surface area contributed by atoms with E-state index in [4.69, 9.17) is 34.2 Å². The zero-order chi connectivity index (χ0) is 61.4. The molecule has 0 aromatic heterocycles. The zero-order valence-electron chi connectivity index (χ0n) is 49.5. The van der Waals surface area contributed by atoms with Crippen LogP contribution in [0.2, 0.25) is 0 Å². The van der Waals surface area contributed by atoms with E-state index in [1.165, 1.54) is 19.1 Å². The average Bonchev–Trinajstić information content (AvgIpc) is 1.70. The van der Waals surface area contributed by atoms with E-state index in [1.54, 1.807) is 51.1 Å². The lowest BCUT2D eigenvalue weighted by molar-refractivity contribution is -0.144. The number of fused-ring (bicyclic) bond motifs is 3. The molecule has 1 aliphatic carbocycles. The Morgan fingerprint density at radius 2 is 1.54 bits per heavy atom. The van der Waals surface area contributed by atoms with Crippen molar-refractivity contribution in [3.63, 3.8) is 0 Å². The fourth-order valence-electron chi connectivity index (χ4n) is 11.2. The molecular weight excluding hydrogens is 1090 g/mol. The van der Waals surface area contributed by atoms with Crippen LogP contribution in [0.25, 0.3) is 11.1 Å². The van der Waals surface area contributed by atoms with Crippen molar-refractivity contribution in [2.24, 2.45) is 23.5 Å². The first-order valence-electron chi connectivity index (χ1n) is 29.2. The van der Waals surface area contributed by atoms with Crippen LogP contribution in [0.4, 0.5) is 20.1 Å². The number of hydrogen-bond donors (Lipinski definition) is 7. The summed E-state index contributed by atoms with van der Waals surface area (Å²) in [4.78, 5) is 102. The van der Waals surface area contributed by atoms with Crippen LogP contribution in [0.15, 0.2) is 109 Å². The van der Waals surface area contributed by atoms with Crippen molar-refractivity contribution in [3.05, 3.63) is 125 Å². The summed E-state index contributed by atoms with van der Waals surface area (Å²) >= 11 is 0. The molecule has 0 unspecified atom stereocenters. The lowest BCUT2D eigenvalue weighted by Gasteiger charge is -2.39. The molecule has 3 heterocycles. The molecule has 4 aliphatic rings. The molecular formula is C64H82N6O15. The Morgan fingerprint density at radius 3 is 2.19 bits per heavy atom. The lowest BCUT2D eigenvalue weighted by Crippen LogP contribution is -2.50. The SMILES string of the molecule is CC(=O)O[C@@H](C)/C=C\C(=O)N[C@@H]1C[C@H](C)[C@H](C/C=C(C)/C=C/[C@H]2O[C@H](CC(=O)CNC(=O)OCc3ccc(NC(=O)[C@H](CCCNC(N)=O)CC(=O)[C@@H](NC(=O)OCC4c5ccccc5-c5ccccc54)C(C)C)cc3)C[C@@]3(CO3)[C@@H]2O)O[C@@H]1C. The monoisotopic (exact) mass is 1170 g/mol. The molecule has 7 rings (SSSR count). The number of hydrogen-bond acceptors (Lipinski definition) is 15. The minimum Gasteiger partial charge on any atom is -0.459 e. The highest BCUT2D eigenvalue weighted by Gasteiger charge is 2.58. The summed E-state index contributed by atoms with van der Waals surface area (Å²) in [6, 6.07) is 20.6. The Labute approximate surface area is 496 Å². The van der Waals surface area contributed by atoms with E-state index in [0.29, 0.717) is 43.5 Å². The molecule has 3 fully saturated rings. The number of alkyl carbamates (subject to hydrolysis) is 2. The Bertz CT molecular complexity index is 2910. The number of carbonyl (C=O) groups excluding carboxylic acids is 8. The predicted octanol–water partition coefficient (Wildman–Crippen LogP) is 7.38. The summed E-state index contributed by atoms with van der Waals surface area (Å²) in [7, 11) is 0. The fourth-order valence-corrected chi connectivity index (χ4v) is 11.2. The number of nitrogens with two attached hydrogens (primary N) is 1. The van der Waals surface area contributed by atoms with Crippen molar-refractivity contribution in [2.45, 2.75) is 160 Å². The van der Waals surface area contributed by atoms with Gasteiger partial charge in [0.1, 0.15) is 37.1 Å². The Balaban J connectivity index is 0.832. The zero-order valence-corrected chi connectivity index (χ0v) is 49.5. The van der Waals surface area contributed by atoms with Crippen molar-refractivity contribution < 1.29 is 71.9 Å². The highest BCUT2D eigenvalue weighted by molar-refractivity contribution is 5.97. The number of allylic oxidation sites excluding steroid dienone is 2. The number of ketones is 2. The van der Waals surface area contributed by atoms with E-state index in [0.717, 1.165) is 27.8 Å². The number of amides is 6. The van der Waals surface area contributed by atoms with Crippen molar-refractivity contribution in [2.75, 3.05) is 31.6 Å². The number of epoxide rings is 1. The van der Waals surface area contributed by atoms with E-state index in [-0.39, 0.29) is 99.0 Å². The molecule has 3 aromatic carbocycles. The van der Waals surface area contributed by atoms with Gasteiger partial charge in [0.25, 0.3) is 0 Å². The van der Waals surface area contributed by atoms with Gasteiger partial charge in [-0.15, -0.1) is 0 Å². The van der Waals surface area contributed by atoms with E-state index in [2.05, 4.69) is 33.5 Å². The van der Waals surface area contributed by atoms with Crippen LogP contribution in [0.3, 0.4) is 0 Å². The molecule has 0 bridgehead atoms. The summed E-state index contributed by atoms with van der Waals surface area (Å²) in [5.41, 5.74) is 10.6. The van der Waals surface area contributed by atoms with Crippen LogP contribution in [-0.4, -0.2) is 133 Å². The largest absolute Gasteiger partial charge is 0.459 e. The average molecular weight is 1180 g/mol. The maximum Gasteiger partial charge on any atom is 0.407 e. The quantitative estimate of drug-likeness (QED) is 0.00978. The molecule has 458 valence electrons. The van der Waals surface area contributed by atoms with Gasteiger partial charge in [-0.3, -0.25) is 24.0 Å². The van der Waals surface area contributed by atoms with Crippen LogP contribution in [0.5, 0.6) is 0 Å². The number of carbonyl (C=O) groups is 8. The topological polar surface area (TPSA) is 302 Å². The number of aliphatic hydroxyl groups excluding tert-OH is 1. The third-order valence-corrected chi connectivity index (χ3v) is 15.9. The molecule has 0 radical (unpaired) electrons. The van der Waals surface area contributed by atoms with Crippen LogP contribution >= 0.6 is 0 Å². The first-order valence-corrected chi connectivity index (χ1v) is 29.2. The summed E-state index contributed by atoms with van der Waals surface area (Å²) in [6.07, 6.45) is 5.76. The van der Waals surface area contributed by atoms with E-state index in [1.807, 2.05) is 74.5 Å². The Morgan fingerprint density at radius 1 is 0.859 bits per heavy atom. The number of ether oxygens (including phenoxy) is 6. The normalized spacial score (nSPS) is 23.7. The Kier molecular flexibility index (Phi) is 23.2. The molecule has 3 aliphatic heterocycles. The number of anilines is 1. The fraction of sp³-hybridized carbons (Fsp3) is 0.500. The standard InChI is InChI=1S/C64H82N6O15/c1-37(2)58(70-63(79)81-35-52-50-16-10-8-14-48(50)49-15-9-11-17-51(49)52)54(73)30-44(13-12-28-66-61(65)77)60(76)68-45-23-21-43(22-24-45)34-80-62(78)67-33-46(72)31-47-32-64(36-82-64)59(75)56(85-47)26-19-38(3)18-25-55-39(4)29-53(41(6)84-55)69-57(74)27-20-40(5)83-42(7)71/h8-11,14-24,26-27,37,39-41,44,47,52-53,55-56,58-59,75H,12-13,25,28-36H2,1-7H3,(H,67,78)(H,68,76)(H,69,74)(H,70,79)(H3,65,66,77)/b26-19+,27-20-,38-18+/t39-,40-,41+,44+,47+,53+,55-,56+,58-,59+,64+/m0/s1. The second-order valence-corrected chi connectivity index (χ2v) is 23.0. The van der Waals surface area contributed by atoms with Crippen molar-refractivity contribution in [1.29, 1.82) is 0 Å². The number of esters is 1. The number of aliphatic hydroxyl groups is 1. The van der Waals surface area contributed by atoms with Gasteiger partial charge in [0, 0.05) is 56.3 Å². The van der Waals surface area contributed by atoms with Crippen molar-refractivity contribution >= 4 is 53.3 Å². The van der Waals surface area contributed by atoms with Crippen LogP contribution in [0.1, 0.15) is 116 Å². The first kappa shape index (κ1) is 64.8. The van der Waals surface area contributed by atoms with E-state index in [9.17, 15) is 43.5 Å². The highest BCUT2D eigenvalue weighted by Crippen LogP contribution is 2.45.